The summed E-state index contributed by atoms with van der Waals surface area (Å²) in [4.78, 5) is 24.8. The van der Waals surface area contributed by atoms with E-state index in [0.29, 0.717) is 5.69 Å². The molecule has 0 atom stereocenters. The molecule has 1 heterocycles. The second-order valence-corrected chi connectivity index (χ2v) is 6.36. The Kier molecular flexibility index (Phi) is 5.69. The van der Waals surface area contributed by atoms with Gasteiger partial charge in [-0.2, -0.15) is 0 Å². The van der Waals surface area contributed by atoms with Gasteiger partial charge in [-0.15, -0.1) is 5.10 Å². The van der Waals surface area contributed by atoms with Crippen molar-refractivity contribution in [2.24, 2.45) is 0 Å². The number of aromatic nitrogens is 3. The van der Waals surface area contributed by atoms with Crippen LogP contribution in [0.1, 0.15) is 28.5 Å². The van der Waals surface area contributed by atoms with E-state index in [1.807, 2.05) is 56.3 Å². The van der Waals surface area contributed by atoms with E-state index >= 15 is 0 Å². The predicted octanol–water partition coefficient (Wildman–Crippen LogP) is 2.62. The first-order valence-electron chi connectivity index (χ1n) is 8.92. The Balaban J connectivity index is 1.68. The van der Waals surface area contributed by atoms with E-state index in [-0.39, 0.29) is 24.0 Å². The molecular formula is C20H22N6O2. The number of hydrogen-bond donors (Lipinski definition) is 3. The van der Waals surface area contributed by atoms with Crippen LogP contribution in [0.3, 0.4) is 0 Å². The topological polar surface area (TPSA) is 115 Å². The zero-order valence-electron chi connectivity index (χ0n) is 15.8. The van der Waals surface area contributed by atoms with Gasteiger partial charge < -0.3 is 16.4 Å². The van der Waals surface area contributed by atoms with Gasteiger partial charge in [-0.1, -0.05) is 42.5 Å². The lowest BCUT2D eigenvalue weighted by atomic mass is 10.1. The van der Waals surface area contributed by atoms with Crippen molar-refractivity contribution in [3.05, 3.63) is 65.4 Å². The fourth-order valence-corrected chi connectivity index (χ4v) is 2.79. The van der Waals surface area contributed by atoms with Crippen LogP contribution in [0.2, 0.25) is 0 Å². The van der Waals surface area contributed by atoms with Gasteiger partial charge in [0.2, 0.25) is 5.91 Å². The molecule has 144 valence electrons. The first kappa shape index (κ1) is 19.1. The van der Waals surface area contributed by atoms with Crippen molar-refractivity contribution < 1.29 is 9.59 Å². The highest BCUT2D eigenvalue weighted by Crippen LogP contribution is 2.17. The van der Waals surface area contributed by atoms with Gasteiger partial charge in [0.1, 0.15) is 6.54 Å². The van der Waals surface area contributed by atoms with Crippen molar-refractivity contribution >= 4 is 29.0 Å². The van der Waals surface area contributed by atoms with E-state index in [4.69, 9.17) is 5.73 Å². The number of rotatable bonds is 6. The average Bonchev–Trinajstić information content (AvgIpc) is 3.02. The van der Waals surface area contributed by atoms with Crippen LogP contribution < -0.4 is 16.4 Å². The normalized spacial score (nSPS) is 10.5. The number of nitrogens with one attached hydrogen (secondary N) is 2. The van der Waals surface area contributed by atoms with Crippen LogP contribution in [0.5, 0.6) is 0 Å². The minimum absolute atomic E-state index is 0.0248. The van der Waals surface area contributed by atoms with Gasteiger partial charge in [0.25, 0.3) is 5.91 Å². The van der Waals surface area contributed by atoms with Crippen molar-refractivity contribution in [3.8, 4) is 0 Å². The van der Waals surface area contributed by atoms with Crippen LogP contribution in [0.25, 0.3) is 0 Å². The molecule has 1 aromatic heterocycles. The average molecular weight is 378 g/mol. The van der Waals surface area contributed by atoms with Crippen molar-refractivity contribution in [3.63, 3.8) is 0 Å². The van der Waals surface area contributed by atoms with Gasteiger partial charge in [-0.05, 0) is 42.7 Å². The predicted molar refractivity (Wildman–Crippen MR) is 108 cm³/mol. The summed E-state index contributed by atoms with van der Waals surface area (Å²) in [7, 11) is 0. The number of aryl methyl sites for hydroxylation is 2. The van der Waals surface area contributed by atoms with E-state index in [9.17, 15) is 9.59 Å². The summed E-state index contributed by atoms with van der Waals surface area (Å²) in [5.74, 6) is -0.752. The Bertz CT molecular complexity index is 1010. The number of benzene rings is 2. The van der Waals surface area contributed by atoms with Crippen LogP contribution in [0, 0.1) is 6.92 Å². The molecule has 0 bridgehead atoms. The van der Waals surface area contributed by atoms with Crippen LogP contribution in [0.15, 0.2) is 48.5 Å². The molecule has 0 aliphatic carbocycles. The van der Waals surface area contributed by atoms with Crippen LogP contribution in [-0.4, -0.2) is 26.8 Å². The smallest absolute Gasteiger partial charge is 0.280 e. The summed E-state index contributed by atoms with van der Waals surface area (Å²) in [6.45, 7) is 3.80. The Morgan fingerprint density at radius 3 is 2.64 bits per heavy atom. The molecule has 0 radical (unpaired) electrons. The summed E-state index contributed by atoms with van der Waals surface area (Å²) in [5, 5.41) is 13.2. The van der Waals surface area contributed by atoms with Crippen molar-refractivity contribution in [1.29, 1.82) is 0 Å². The number of nitrogens with zero attached hydrogens (tertiary/aromatic N) is 3. The van der Waals surface area contributed by atoms with Gasteiger partial charge in [-0.25, -0.2) is 4.68 Å². The molecule has 0 unspecified atom stereocenters. The highest BCUT2D eigenvalue weighted by molar-refractivity contribution is 6.05. The molecule has 0 spiro atoms. The summed E-state index contributed by atoms with van der Waals surface area (Å²) in [6, 6.07) is 14.9. The number of carbonyl (C=O) groups is 2. The highest BCUT2D eigenvalue weighted by atomic mass is 16.2. The molecule has 3 aromatic rings. The number of anilines is 3. The lowest BCUT2D eigenvalue weighted by Crippen LogP contribution is -2.22. The van der Waals surface area contributed by atoms with Crippen molar-refractivity contribution in [2.75, 3.05) is 16.4 Å². The molecule has 28 heavy (non-hydrogen) atoms. The maximum absolute atomic E-state index is 12.4. The highest BCUT2D eigenvalue weighted by Gasteiger charge is 2.19. The Morgan fingerprint density at radius 2 is 1.89 bits per heavy atom. The molecule has 8 heteroatoms. The third-order valence-corrected chi connectivity index (χ3v) is 4.23. The Labute approximate surface area is 162 Å². The van der Waals surface area contributed by atoms with E-state index < -0.39 is 5.91 Å². The van der Waals surface area contributed by atoms with Gasteiger partial charge >= 0.3 is 0 Å². The number of nitrogens with two attached hydrogens (primary N) is 1. The summed E-state index contributed by atoms with van der Waals surface area (Å²) >= 11 is 0. The van der Waals surface area contributed by atoms with Crippen LogP contribution in [-0.2, 0) is 17.8 Å². The Hall–Kier alpha value is -3.68. The molecule has 8 nitrogen and oxygen atoms in total. The maximum atomic E-state index is 12.4. The number of para-hydroxylation sites is 1. The molecule has 2 amide bonds. The summed E-state index contributed by atoms with van der Waals surface area (Å²) in [6.07, 6.45) is 0.797. The largest absolute Gasteiger partial charge is 0.382 e. The minimum Gasteiger partial charge on any atom is -0.382 e. The molecule has 4 N–H and O–H groups in total. The van der Waals surface area contributed by atoms with E-state index in [1.54, 1.807) is 6.07 Å². The fraction of sp³-hybridized carbons (Fsp3) is 0.200. The maximum Gasteiger partial charge on any atom is 0.280 e. The molecule has 3 rings (SSSR count). The monoisotopic (exact) mass is 378 g/mol. The lowest BCUT2D eigenvalue weighted by molar-refractivity contribution is -0.116. The number of nitrogen functional groups attached to an aromatic ring is 1. The van der Waals surface area contributed by atoms with E-state index in [1.165, 1.54) is 4.68 Å². The summed E-state index contributed by atoms with van der Waals surface area (Å²) in [5.41, 5.74) is 9.37. The van der Waals surface area contributed by atoms with Gasteiger partial charge in [0.05, 0.1) is 0 Å². The third kappa shape index (κ3) is 4.35. The van der Waals surface area contributed by atoms with E-state index in [0.717, 1.165) is 23.2 Å². The number of amides is 2. The second kappa shape index (κ2) is 8.34. The molecule has 0 aliphatic rings. The minimum atomic E-state index is -0.480. The third-order valence-electron chi connectivity index (χ3n) is 4.23. The Morgan fingerprint density at radius 1 is 1.11 bits per heavy atom. The zero-order valence-corrected chi connectivity index (χ0v) is 15.8. The van der Waals surface area contributed by atoms with Crippen molar-refractivity contribution in [1.82, 2.24) is 15.0 Å². The molecule has 2 aromatic carbocycles. The van der Waals surface area contributed by atoms with Gasteiger partial charge in [-0.3, -0.25) is 9.59 Å². The fourth-order valence-electron chi connectivity index (χ4n) is 2.79. The standard InChI is InChI=1S/C20H22N6O2/c1-3-14-8-4-5-10-16(14)23-17(27)12-26-19(21)18(24-25-26)20(28)22-15-9-6-7-13(2)11-15/h4-11H,3,12,21H2,1-2H3,(H,22,28)(H,23,27). The van der Waals surface area contributed by atoms with Crippen molar-refractivity contribution in [2.45, 2.75) is 26.8 Å². The quantitative estimate of drug-likeness (QED) is 0.610. The van der Waals surface area contributed by atoms with Gasteiger partial charge in [0.15, 0.2) is 11.5 Å². The summed E-state index contributed by atoms with van der Waals surface area (Å²) < 4.78 is 1.20. The number of carbonyl (C=O) groups excluding carboxylic acids is 2. The van der Waals surface area contributed by atoms with E-state index in [2.05, 4.69) is 20.9 Å². The first-order chi connectivity index (χ1) is 13.5. The molecule has 0 saturated heterocycles. The number of hydrogen-bond acceptors (Lipinski definition) is 5. The molecule has 0 aliphatic heterocycles. The molecule has 0 fully saturated rings. The SMILES string of the molecule is CCc1ccccc1NC(=O)Cn1nnc(C(=O)Nc2cccc(C)c2)c1N. The molecular weight excluding hydrogens is 356 g/mol. The lowest BCUT2D eigenvalue weighted by Gasteiger charge is -2.10. The van der Waals surface area contributed by atoms with Crippen LogP contribution in [0.4, 0.5) is 17.2 Å². The van der Waals surface area contributed by atoms with Crippen LogP contribution >= 0.6 is 0 Å². The zero-order chi connectivity index (χ0) is 20.1. The first-order valence-corrected chi connectivity index (χ1v) is 8.92. The van der Waals surface area contributed by atoms with Gasteiger partial charge in [0, 0.05) is 11.4 Å². The second-order valence-electron chi connectivity index (χ2n) is 6.36. The molecule has 0 saturated carbocycles.